The molecule has 10 atom stereocenters. The molecule has 0 aliphatic heterocycles. The number of aliphatic hydroxyl groups excluding tert-OH is 2. The van der Waals surface area contributed by atoms with E-state index in [9.17, 15) is 10.2 Å². The Morgan fingerprint density at radius 3 is 2.47 bits per heavy atom. The van der Waals surface area contributed by atoms with Gasteiger partial charge in [-0.25, -0.2) is 0 Å². The van der Waals surface area contributed by atoms with Gasteiger partial charge in [-0.05, 0) is 47.5 Å². The molecule has 98 valence electrons. The van der Waals surface area contributed by atoms with Crippen LogP contribution in [0.3, 0.4) is 0 Å². The van der Waals surface area contributed by atoms with E-state index in [1.165, 1.54) is 12.0 Å². The van der Waals surface area contributed by atoms with Crippen LogP contribution < -0.4 is 0 Å². The van der Waals surface area contributed by atoms with E-state index in [0.29, 0.717) is 35.5 Å². The summed E-state index contributed by atoms with van der Waals surface area (Å²) in [4.78, 5) is 0. The summed E-state index contributed by atoms with van der Waals surface area (Å²) in [5.74, 6) is 3.93. The summed E-state index contributed by atoms with van der Waals surface area (Å²) in [7, 11) is 0. The first kappa shape index (κ1) is 9.95. The molecule has 0 amide bonds. The molecule has 6 bridgehead atoms. The van der Waals surface area contributed by atoms with E-state index in [-0.39, 0.29) is 17.6 Å². The summed E-state index contributed by atoms with van der Waals surface area (Å²) in [5.41, 5.74) is 1.20. The van der Waals surface area contributed by atoms with Gasteiger partial charge in [-0.15, -0.1) is 0 Å². The van der Waals surface area contributed by atoms with Crippen LogP contribution in [-0.2, 0) is 5.41 Å². The molecule has 0 unspecified atom stereocenters. The lowest BCUT2D eigenvalue weighted by molar-refractivity contribution is 0.0683. The second kappa shape index (κ2) is 2.64. The second-order valence-electron chi connectivity index (χ2n) is 7.58. The number of aliphatic hydroxyl groups is 2. The summed E-state index contributed by atoms with van der Waals surface area (Å²) in [6.07, 6.45) is 0.934. The van der Waals surface area contributed by atoms with Crippen LogP contribution in [0.4, 0.5) is 0 Å². The van der Waals surface area contributed by atoms with Gasteiger partial charge in [-0.3, -0.25) is 0 Å². The molecule has 0 spiro atoms. The third-order valence-electron chi connectivity index (χ3n) is 7.76. The van der Waals surface area contributed by atoms with Crippen LogP contribution in [0.2, 0.25) is 0 Å². The lowest BCUT2D eigenvalue weighted by atomic mass is 9.61. The van der Waals surface area contributed by atoms with Crippen LogP contribution in [0.5, 0.6) is 0 Å². The fraction of sp³-hybridized carbons (Fsp3) is 0.647. The van der Waals surface area contributed by atoms with Crippen LogP contribution in [0, 0.1) is 41.4 Å². The van der Waals surface area contributed by atoms with Crippen LogP contribution in [-0.4, -0.2) is 22.4 Å². The summed E-state index contributed by atoms with van der Waals surface area (Å²) >= 11 is 0. The summed E-state index contributed by atoms with van der Waals surface area (Å²) in [5, 5.41) is 21.8. The molecular weight excluding hydrogens is 236 g/mol. The Kier molecular flexibility index (Phi) is 1.38. The van der Waals surface area contributed by atoms with Crippen molar-refractivity contribution in [3.8, 4) is 0 Å². The number of hydrogen-bond acceptors (Lipinski definition) is 2. The van der Waals surface area contributed by atoms with Gasteiger partial charge in [0.15, 0.2) is 0 Å². The van der Waals surface area contributed by atoms with Gasteiger partial charge in [0.05, 0.1) is 12.2 Å². The Balaban J connectivity index is 1.68. The maximum Gasteiger partial charge on any atom is 0.0677 e. The van der Waals surface area contributed by atoms with Gasteiger partial charge in [0.2, 0.25) is 0 Å². The Morgan fingerprint density at radius 2 is 1.68 bits per heavy atom. The molecule has 6 saturated carbocycles. The predicted molar refractivity (Wildman–Crippen MR) is 69.2 cm³/mol. The molecule has 1 aromatic rings. The molecular formula is C17H18O2. The highest BCUT2D eigenvalue weighted by atomic mass is 16.3. The maximum absolute atomic E-state index is 11.0. The Bertz CT molecular complexity index is 580. The summed E-state index contributed by atoms with van der Waals surface area (Å²) < 4.78 is 0. The maximum atomic E-state index is 11.0. The van der Waals surface area contributed by atoms with Crippen molar-refractivity contribution in [2.45, 2.75) is 24.0 Å². The van der Waals surface area contributed by atoms with E-state index >= 15 is 0 Å². The molecule has 0 radical (unpaired) electrons. The topological polar surface area (TPSA) is 40.5 Å². The van der Waals surface area contributed by atoms with Crippen molar-refractivity contribution in [1.82, 2.24) is 0 Å². The fourth-order valence-electron chi connectivity index (χ4n) is 7.93. The first-order valence-corrected chi connectivity index (χ1v) is 7.69. The summed E-state index contributed by atoms with van der Waals surface area (Å²) in [6.45, 7) is 0. The van der Waals surface area contributed by atoms with Crippen molar-refractivity contribution in [3.05, 3.63) is 35.9 Å². The lowest BCUT2D eigenvalue weighted by Gasteiger charge is -2.42. The number of rotatable bonds is 1. The average Bonchev–Trinajstić information content (AvgIpc) is 3.15. The van der Waals surface area contributed by atoms with Crippen molar-refractivity contribution in [1.29, 1.82) is 0 Å². The Morgan fingerprint density at radius 1 is 0.895 bits per heavy atom. The van der Waals surface area contributed by atoms with E-state index in [0.717, 1.165) is 5.92 Å². The second-order valence-corrected chi connectivity index (χ2v) is 7.58. The zero-order chi connectivity index (χ0) is 12.5. The highest BCUT2D eigenvalue weighted by Gasteiger charge is 2.89. The molecule has 0 aromatic heterocycles. The highest BCUT2D eigenvalue weighted by molar-refractivity contribution is 5.47. The van der Waals surface area contributed by atoms with Gasteiger partial charge in [0.25, 0.3) is 0 Å². The van der Waals surface area contributed by atoms with Crippen LogP contribution >= 0.6 is 0 Å². The molecule has 0 saturated heterocycles. The SMILES string of the molecule is O[C@@H]1[C@@H]2[C@H]3C[C@@H]4[C@H]5[C@@H]3[C@@H]1[C@@](c1ccccc1)([C@H]42)[C@H]5O. The predicted octanol–water partition coefficient (Wildman–Crippen LogP) is 1.42. The molecule has 7 rings (SSSR count). The summed E-state index contributed by atoms with van der Waals surface area (Å²) in [6, 6.07) is 10.6. The van der Waals surface area contributed by atoms with Gasteiger partial charge in [-0.2, -0.15) is 0 Å². The molecule has 6 aliphatic carbocycles. The largest absolute Gasteiger partial charge is 0.392 e. The quantitative estimate of drug-likeness (QED) is 0.795. The molecule has 2 heteroatoms. The smallest absolute Gasteiger partial charge is 0.0677 e. The first-order valence-electron chi connectivity index (χ1n) is 7.69. The fourth-order valence-corrected chi connectivity index (χ4v) is 7.93. The number of hydrogen-bond donors (Lipinski definition) is 2. The Labute approximate surface area is 112 Å². The molecule has 6 fully saturated rings. The van der Waals surface area contributed by atoms with Crippen molar-refractivity contribution in [3.63, 3.8) is 0 Å². The van der Waals surface area contributed by atoms with Crippen LogP contribution in [0.25, 0.3) is 0 Å². The van der Waals surface area contributed by atoms with E-state index < -0.39 is 0 Å². The zero-order valence-electron chi connectivity index (χ0n) is 10.7. The highest BCUT2D eigenvalue weighted by Crippen LogP contribution is 2.86. The van der Waals surface area contributed by atoms with Crippen molar-refractivity contribution in [2.24, 2.45) is 41.4 Å². The van der Waals surface area contributed by atoms with E-state index in [4.69, 9.17) is 0 Å². The zero-order valence-corrected chi connectivity index (χ0v) is 10.7. The minimum atomic E-state index is -0.202. The minimum absolute atomic E-state index is 0.0989. The first-order chi connectivity index (χ1) is 9.28. The number of benzene rings is 1. The van der Waals surface area contributed by atoms with Gasteiger partial charge in [0.1, 0.15) is 0 Å². The van der Waals surface area contributed by atoms with Gasteiger partial charge in [0, 0.05) is 11.3 Å². The minimum Gasteiger partial charge on any atom is -0.392 e. The van der Waals surface area contributed by atoms with Crippen molar-refractivity contribution >= 4 is 0 Å². The van der Waals surface area contributed by atoms with Crippen molar-refractivity contribution < 1.29 is 10.2 Å². The molecule has 1 aromatic carbocycles. The molecule has 0 heterocycles. The average molecular weight is 254 g/mol. The monoisotopic (exact) mass is 254 g/mol. The third-order valence-corrected chi connectivity index (χ3v) is 7.76. The molecule has 2 nitrogen and oxygen atoms in total. The normalized spacial score (nSPS) is 65.9. The Hall–Kier alpha value is -0.860. The van der Waals surface area contributed by atoms with E-state index in [2.05, 4.69) is 24.3 Å². The van der Waals surface area contributed by atoms with Crippen LogP contribution in [0.15, 0.2) is 30.3 Å². The lowest BCUT2D eigenvalue weighted by Crippen LogP contribution is -2.44. The molecule has 6 aliphatic rings. The molecule has 19 heavy (non-hydrogen) atoms. The van der Waals surface area contributed by atoms with Crippen molar-refractivity contribution in [2.75, 3.05) is 0 Å². The van der Waals surface area contributed by atoms with E-state index in [1.807, 2.05) is 6.07 Å². The molecule has 2 N–H and O–H groups in total. The standard InChI is InChI=1S/C17H18O2/c18-15-12-8-6-9-11-10(8)14(15)17(13(9)12,16(11)19)7-4-2-1-3-5-7/h1-5,8-16,18-19H,6H2/t8-,9+,10+,11-,12+,13+,14-,15+,16-,17+/m0/s1. The third kappa shape index (κ3) is 0.696. The van der Waals surface area contributed by atoms with Crippen LogP contribution in [0.1, 0.15) is 12.0 Å². The van der Waals surface area contributed by atoms with Gasteiger partial charge >= 0.3 is 0 Å². The van der Waals surface area contributed by atoms with E-state index in [1.54, 1.807) is 0 Å². The van der Waals surface area contributed by atoms with Gasteiger partial charge in [-0.1, -0.05) is 30.3 Å². The van der Waals surface area contributed by atoms with Gasteiger partial charge < -0.3 is 10.2 Å².